The number of hydrogen-bond donors (Lipinski definition) is 2. The first-order valence-electron chi connectivity index (χ1n) is 6.45. The molecule has 114 valence electrons. The third-order valence-corrected chi connectivity index (χ3v) is 3.52. The van der Waals surface area contributed by atoms with Gasteiger partial charge in [-0.15, -0.1) is 0 Å². The number of carboxylic acid groups (broad SMARTS) is 1. The van der Waals surface area contributed by atoms with E-state index in [2.05, 4.69) is 25.9 Å². The van der Waals surface area contributed by atoms with Crippen LogP contribution in [0.2, 0.25) is 0 Å². The molecule has 1 unspecified atom stereocenters. The molecule has 0 fully saturated rings. The number of aliphatic carboxylic acids is 1. The van der Waals surface area contributed by atoms with Crippen LogP contribution in [0.1, 0.15) is 20.3 Å². The van der Waals surface area contributed by atoms with Crippen molar-refractivity contribution >= 4 is 38.6 Å². The second-order valence-corrected chi connectivity index (χ2v) is 6.08. The summed E-state index contributed by atoms with van der Waals surface area (Å²) in [6, 6.07) is 5.17. The lowest BCUT2D eigenvalue weighted by Gasteiger charge is -2.13. The number of halogens is 2. The first-order chi connectivity index (χ1) is 9.47. The number of aromatic nitrogens is 2. The highest BCUT2D eigenvalue weighted by atomic mass is 79.9. The van der Waals surface area contributed by atoms with Crippen molar-refractivity contribution in [3.8, 4) is 0 Å². The average Bonchev–Trinajstić information content (AvgIpc) is 2.38. The topological polar surface area (TPSA) is 79.7 Å². The zero-order chi connectivity index (χ0) is 14.7. The maximum atomic E-state index is 11.4. The quantitative estimate of drug-likeness (QED) is 0.710. The highest BCUT2D eigenvalue weighted by Crippen LogP contribution is 2.21. The van der Waals surface area contributed by atoms with E-state index < -0.39 is 12.0 Å². The number of nitrogens with zero attached hydrogens (tertiary/aromatic N) is 2. The van der Waals surface area contributed by atoms with Gasteiger partial charge in [-0.2, -0.15) is 4.98 Å². The minimum absolute atomic E-state index is 0. The minimum Gasteiger partial charge on any atom is -1.00 e. The molecule has 2 aromatic rings. The van der Waals surface area contributed by atoms with Crippen molar-refractivity contribution in [2.45, 2.75) is 26.3 Å². The monoisotopic (exact) mass is 373 g/mol. The van der Waals surface area contributed by atoms with Gasteiger partial charge in [-0.05, 0) is 24.1 Å². The number of quaternary nitrogens is 1. The SMILES string of the molecule is CC(C)CC([NH2+]c1ncnc2ccc(Br)cc12)C(=O)O.[Cl-]. The van der Waals surface area contributed by atoms with Gasteiger partial charge in [-0.25, -0.2) is 9.78 Å². The van der Waals surface area contributed by atoms with Crippen molar-refractivity contribution in [3.63, 3.8) is 0 Å². The molecular formula is C14H17BrClN3O2. The van der Waals surface area contributed by atoms with Crippen LogP contribution in [-0.4, -0.2) is 27.1 Å². The summed E-state index contributed by atoms with van der Waals surface area (Å²) < 4.78 is 0.921. The maximum absolute atomic E-state index is 11.4. The van der Waals surface area contributed by atoms with Crippen LogP contribution in [0.25, 0.3) is 10.9 Å². The molecule has 0 saturated carbocycles. The first kappa shape index (κ1) is 17.8. The van der Waals surface area contributed by atoms with E-state index in [-0.39, 0.29) is 12.4 Å². The Hall–Kier alpha value is -1.24. The van der Waals surface area contributed by atoms with Gasteiger partial charge in [0.15, 0.2) is 6.04 Å². The molecule has 0 aliphatic carbocycles. The van der Waals surface area contributed by atoms with Gasteiger partial charge < -0.3 is 17.5 Å². The van der Waals surface area contributed by atoms with Crippen LogP contribution in [0.15, 0.2) is 29.0 Å². The van der Waals surface area contributed by atoms with Gasteiger partial charge in [0, 0.05) is 10.9 Å². The summed E-state index contributed by atoms with van der Waals surface area (Å²) in [5.74, 6) is 0.164. The molecule has 1 heterocycles. The first-order valence-corrected chi connectivity index (χ1v) is 7.24. The van der Waals surface area contributed by atoms with Gasteiger partial charge in [-0.3, -0.25) is 5.32 Å². The Labute approximate surface area is 137 Å². The summed E-state index contributed by atoms with van der Waals surface area (Å²) in [5, 5.41) is 11.9. The lowest BCUT2D eigenvalue weighted by molar-refractivity contribution is -0.602. The number of fused-ring (bicyclic) bond motifs is 1. The van der Waals surface area contributed by atoms with Gasteiger partial charge in [0.1, 0.15) is 6.33 Å². The fourth-order valence-electron chi connectivity index (χ4n) is 2.12. The Morgan fingerprint density at radius 1 is 1.38 bits per heavy atom. The fourth-order valence-corrected chi connectivity index (χ4v) is 2.48. The lowest BCUT2D eigenvalue weighted by Crippen LogP contribution is -3.00. The van der Waals surface area contributed by atoms with Crippen LogP contribution in [0.5, 0.6) is 0 Å². The summed E-state index contributed by atoms with van der Waals surface area (Å²) in [5.41, 5.74) is 0.808. The minimum atomic E-state index is -0.819. The van der Waals surface area contributed by atoms with Crippen LogP contribution in [0, 0.1) is 5.92 Å². The second kappa shape index (κ2) is 7.68. The standard InChI is InChI=1S/C14H16BrN3O2.ClH/c1-8(2)5-12(14(19)20)18-13-10-6-9(15)3-4-11(10)16-7-17-13;/h3-4,6-8,12H,5H2,1-2H3,(H,19,20)(H,16,17,18);1H. The summed E-state index contributed by atoms with van der Waals surface area (Å²) in [7, 11) is 0. The van der Waals surface area contributed by atoms with Crippen molar-refractivity contribution in [2.24, 2.45) is 5.92 Å². The van der Waals surface area contributed by atoms with Gasteiger partial charge in [0.25, 0.3) is 0 Å². The van der Waals surface area contributed by atoms with Gasteiger partial charge in [-0.1, -0.05) is 29.8 Å². The second-order valence-electron chi connectivity index (χ2n) is 5.16. The predicted octanol–water partition coefficient (Wildman–Crippen LogP) is -0.909. The predicted molar refractivity (Wildman–Crippen MR) is 79.7 cm³/mol. The third-order valence-electron chi connectivity index (χ3n) is 3.03. The van der Waals surface area contributed by atoms with E-state index in [1.807, 2.05) is 32.0 Å². The Bertz CT molecular complexity index is 637. The Morgan fingerprint density at radius 3 is 2.71 bits per heavy atom. The van der Waals surface area contributed by atoms with E-state index in [9.17, 15) is 9.90 Å². The smallest absolute Gasteiger partial charge is 0.362 e. The van der Waals surface area contributed by atoms with E-state index >= 15 is 0 Å². The zero-order valence-electron chi connectivity index (χ0n) is 11.8. The molecule has 1 aromatic carbocycles. The Kier molecular flexibility index (Phi) is 6.51. The average molecular weight is 375 g/mol. The maximum Gasteiger partial charge on any atom is 0.362 e. The molecule has 0 amide bonds. The molecule has 0 spiro atoms. The Balaban J connectivity index is 0.00000220. The normalized spacial score (nSPS) is 12.2. The van der Waals surface area contributed by atoms with Crippen LogP contribution >= 0.6 is 15.9 Å². The molecule has 7 heteroatoms. The van der Waals surface area contributed by atoms with Gasteiger partial charge in [0.2, 0.25) is 5.82 Å². The molecule has 5 nitrogen and oxygen atoms in total. The number of nitrogens with two attached hydrogens (primary N) is 1. The highest BCUT2D eigenvalue weighted by molar-refractivity contribution is 9.10. The molecule has 21 heavy (non-hydrogen) atoms. The highest BCUT2D eigenvalue weighted by Gasteiger charge is 2.24. The van der Waals surface area contributed by atoms with Crippen LogP contribution < -0.4 is 17.7 Å². The molecule has 0 aliphatic rings. The van der Waals surface area contributed by atoms with Crippen LogP contribution in [0.4, 0.5) is 5.82 Å². The number of rotatable bonds is 5. The summed E-state index contributed by atoms with van der Waals surface area (Å²) in [4.78, 5) is 19.8. The van der Waals surface area contributed by atoms with Crippen molar-refractivity contribution < 1.29 is 27.6 Å². The molecule has 3 N–H and O–H groups in total. The van der Waals surface area contributed by atoms with Crippen molar-refractivity contribution in [2.75, 3.05) is 0 Å². The zero-order valence-corrected chi connectivity index (χ0v) is 14.1. The lowest BCUT2D eigenvalue weighted by atomic mass is 10.0. The van der Waals surface area contributed by atoms with Crippen LogP contribution in [-0.2, 0) is 4.79 Å². The Morgan fingerprint density at radius 2 is 2.10 bits per heavy atom. The molecule has 0 saturated heterocycles. The molecule has 2 rings (SSSR count). The number of hydrogen-bond acceptors (Lipinski definition) is 3. The van der Waals surface area contributed by atoms with Gasteiger partial charge >= 0.3 is 5.97 Å². The van der Waals surface area contributed by atoms with Crippen molar-refractivity contribution in [3.05, 3.63) is 29.0 Å². The van der Waals surface area contributed by atoms with E-state index in [4.69, 9.17) is 0 Å². The molecular weight excluding hydrogens is 358 g/mol. The van der Waals surface area contributed by atoms with Crippen molar-refractivity contribution in [1.29, 1.82) is 0 Å². The summed E-state index contributed by atoms with van der Waals surface area (Å²) in [6.45, 7) is 4.02. The molecule has 0 radical (unpaired) electrons. The van der Waals surface area contributed by atoms with Gasteiger partial charge in [0.05, 0.1) is 10.9 Å². The molecule has 1 aromatic heterocycles. The summed E-state index contributed by atoms with van der Waals surface area (Å²) >= 11 is 3.42. The molecule has 0 aliphatic heterocycles. The van der Waals surface area contributed by atoms with E-state index in [0.717, 1.165) is 15.4 Å². The van der Waals surface area contributed by atoms with E-state index in [1.54, 1.807) is 5.32 Å². The number of carbonyl (C=O) groups is 1. The van der Waals surface area contributed by atoms with E-state index in [0.29, 0.717) is 18.2 Å². The van der Waals surface area contributed by atoms with E-state index in [1.165, 1.54) is 6.33 Å². The molecule has 0 bridgehead atoms. The largest absolute Gasteiger partial charge is 1.00 e. The van der Waals surface area contributed by atoms with Crippen molar-refractivity contribution in [1.82, 2.24) is 9.97 Å². The molecule has 1 atom stereocenters. The number of benzene rings is 1. The third kappa shape index (κ3) is 4.62. The van der Waals surface area contributed by atoms with Crippen LogP contribution in [0.3, 0.4) is 0 Å². The fraction of sp³-hybridized carbons (Fsp3) is 0.357. The number of carboxylic acids is 1. The summed E-state index contributed by atoms with van der Waals surface area (Å²) in [6.07, 6.45) is 2.06.